The molecule has 1 aliphatic carbocycles. The van der Waals surface area contributed by atoms with Gasteiger partial charge in [-0.2, -0.15) is 0 Å². The Morgan fingerprint density at radius 3 is 2.82 bits per heavy atom. The minimum atomic E-state index is -0.599. The van der Waals surface area contributed by atoms with Crippen molar-refractivity contribution in [2.24, 2.45) is 11.8 Å². The van der Waals surface area contributed by atoms with Gasteiger partial charge in [-0.05, 0) is 18.8 Å². The van der Waals surface area contributed by atoms with Crippen LogP contribution in [0.4, 0.5) is 5.82 Å². The van der Waals surface area contributed by atoms with Crippen LogP contribution in [0.15, 0.2) is 9.59 Å². The van der Waals surface area contributed by atoms with Gasteiger partial charge in [0.2, 0.25) is 5.82 Å². The smallest absolute Gasteiger partial charge is 0.342 e. The molecular formula is C10H14N4O3. The molecule has 0 amide bonds. The molecule has 92 valence electrons. The summed E-state index contributed by atoms with van der Waals surface area (Å²) in [7, 11) is 0. The second-order valence-electron chi connectivity index (χ2n) is 4.80. The van der Waals surface area contributed by atoms with Crippen LogP contribution in [0, 0.1) is 11.8 Å². The fourth-order valence-corrected chi connectivity index (χ4v) is 2.97. The number of aromatic amines is 2. The maximum atomic E-state index is 11.6. The summed E-state index contributed by atoms with van der Waals surface area (Å²) in [5.74, 6) is 0.896. The van der Waals surface area contributed by atoms with E-state index in [0.717, 1.165) is 19.4 Å². The molecule has 0 spiro atoms. The predicted molar refractivity (Wildman–Crippen MR) is 59.9 cm³/mol. The topological polar surface area (TPSA) is 102 Å². The first-order chi connectivity index (χ1) is 8.15. The van der Waals surface area contributed by atoms with Crippen LogP contribution in [0.25, 0.3) is 0 Å². The Labute approximate surface area is 96.5 Å². The number of aromatic nitrogens is 3. The first-order valence-electron chi connectivity index (χ1n) is 5.77. The van der Waals surface area contributed by atoms with Crippen LogP contribution in [0.2, 0.25) is 0 Å². The third kappa shape index (κ3) is 1.66. The number of fused-ring (bicyclic) bond motifs is 1. The lowest BCUT2D eigenvalue weighted by Gasteiger charge is -2.17. The van der Waals surface area contributed by atoms with Crippen molar-refractivity contribution in [3.8, 4) is 0 Å². The number of aliphatic hydroxyl groups is 1. The molecule has 3 atom stereocenters. The molecule has 1 aromatic heterocycles. The maximum Gasteiger partial charge on any atom is 0.342 e. The van der Waals surface area contributed by atoms with Crippen LogP contribution in [0.5, 0.6) is 0 Å². The highest BCUT2D eigenvalue weighted by Crippen LogP contribution is 2.38. The lowest BCUT2D eigenvalue weighted by Crippen LogP contribution is -2.34. The second kappa shape index (κ2) is 3.69. The molecule has 2 fully saturated rings. The second-order valence-corrected chi connectivity index (χ2v) is 4.80. The van der Waals surface area contributed by atoms with E-state index in [4.69, 9.17) is 0 Å². The van der Waals surface area contributed by atoms with Crippen molar-refractivity contribution in [2.75, 3.05) is 18.0 Å². The molecule has 0 bridgehead atoms. The number of nitrogens with zero attached hydrogens (tertiary/aromatic N) is 2. The van der Waals surface area contributed by atoms with E-state index in [9.17, 15) is 14.7 Å². The fourth-order valence-electron chi connectivity index (χ4n) is 2.97. The van der Waals surface area contributed by atoms with Crippen molar-refractivity contribution in [3.05, 3.63) is 20.8 Å². The van der Waals surface area contributed by atoms with E-state index in [2.05, 4.69) is 15.2 Å². The molecule has 1 aromatic rings. The number of rotatable bonds is 1. The van der Waals surface area contributed by atoms with Crippen LogP contribution in [-0.2, 0) is 0 Å². The number of nitrogens with one attached hydrogen (secondary N) is 2. The number of anilines is 1. The van der Waals surface area contributed by atoms with Crippen molar-refractivity contribution in [3.63, 3.8) is 0 Å². The Bertz CT molecular complexity index is 537. The van der Waals surface area contributed by atoms with Crippen molar-refractivity contribution in [1.82, 2.24) is 15.2 Å². The van der Waals surface area contributed by atoms with Gasteiger partial charge in [0.05, 0.1) is 6.10 Å². The zero-order valence-electron chi connectivity index (χ0n) is 9.22. The summed E-state index contributed by atoms with van der Waals surface area (Å²) < 4.78 is 0. The molecule has 7 nitrogen and oxygen atoms in total. The summed E-state index contributed by atoms with van der Waals surface area (Å²) in [4.78, 5) is 26.5. The molecule has 0 radical (unpaired) electrons. The molecular weight excluding hydrogens is 224 g/mol. The van der Waals surface area contributed by atoms with E-state index in [1.54, 1.807) is 0 Å². The third-order valence-electron chi connectivity index (χ3n) is 3.81. The Morgan fingerprint density at radius 2 is 2.12 bits per heavy atom. The van der Waals surface area contributed by atoms with Crippen LogP contribution in [0.3, 0.4) is 0 Å². The largest absolute Gasteiger partial charge is 0.393 e. The van der Waals surface area contributed by atoms with Gasteiger partial charge in [0.1, 0.15) is 0 Å². The van der Waals surface area contributed by atoms with Crippen LogP contribution in [0.1, 0.15) is 12.8 Å². The monoisotopic (exact) mass is 238 g/mol. The normalized spacial score (nSPS) is 31.8. The molecule has 7 heteroatoms. The Kier molecular flexibility index (Phi) is 2.29. The van der Waals surface area contributed by atoms with E-state index >= 15 is 0 Å². The summed E-state index contributed by atoms with van der Waals surface area (Å²) in [6.45, 7) is 1.36. The van der Waals surface area contributed by atoms with E-state index < -0.39 is 11.2 Å². The molecule has 17 heavy (non-hydrogen) atoms. The number of H-pyrrole nitrogens is 2. The molecule has 2 heterocycles. The number of hydrogen-bond donors (Lipinski definition) is 3. The van der Waals surface area contributed by atoms with Gasteiger partial charge in [-0.25, -0.2) is 9.89 Å². The Balaban J connectivity index is 1.88. The zero-order valence-corrected chi connectivity index (χ0v) is 9.22. The standard InChI is InChI=1S/C10H14N4O3/c15-7-2-1-5-3-14(4-6(5)7)8-9(16)11-10(17)13-12-8/h5-7,15H,1-4H2,(H2,11,13,16,17). The molecule has 0 aromatic carbocycles. The quantitative estimate of drug-likeness (QED) is 0.562. The Hall–Kier alpha value is -1.63. The molecule has 1 saturated carbocycles. The van der Waals surface area contributed by atoms with Crippen molar-refractivity contribution in [1.29, 1.82) is 0 Å². The van der Waals surface area contributed by atoms with Gasteiger partial charge in [0, 0.05) is 19.0 Å². The highest BCUT2D eigenvalue weighted by atomic mass is 16.3. The first-order valence-corrected chi connectivity index (χ1v) is 5.77. The predicted octanol–water partition coefficient (Wildman–Crippen LogP) is -1.33. The summed E-state index contributed by atoms with van der Waals surface area (Å²) in [5, 5.41) is 15.8. The maximum absolute atomic E-state index is 11.6. The van der Waals surface area contributed by atoms with E-state index in [1.165, 1.54) is 0 Å². The molecule has 3 unspecified atom stereocenters. The van der Waals surface area contributed by atoms with Gasteiger partial charge in [0.15, 0.2) is 0 Å². The van der Waals surface area contributed by atoms with Crippen molar-refractivity contribution < 1.29 is 5.11 Å². The molecule has 1 saturated heterocycles. The van der Waals surface area contributed by atoms with Gasteiger partial charge >= 0.3 is 5.69 Å². The van der Waals surface area contributed by atoms with Gasteiger partial charge in [0.25, 0.3) is 5.56 Å². The van der Waals surface area contributed by atoms with Crippen LogP contribution >= 0.6 is 0 Å². The lowest BCUT2D eigenvalue weighted by atomic mass is 10.00. The van der Waals surface area contributed by atoms with Crippen LogP contribution < -0.4 is 16.1 Å². The fraction of sp³-hybridized carbons (Fsp3) is 0.700. The number of hydrogen-bond acceptors (Lipinski definition) is 5. The van der Waals surface area contributed by atoms with E-state index in [1.807, 2.05) is 4.90 Å². The molecule has 3 rings (SSSR count). The zero-order chi connectivity index (χ0) is 12.0. The Morgan fingerprint density at radius 1 is 1.29 bits per heavy atom. The minimum Gasteiger partial charge on any atom is -0.393 e. The average Bonchev–Trinajstić information content (AvgIpc) is 2.81. The van der Waals surface area contributed by atoms with E-state index in [0.29, 0.717) is 12.5 Å². The molecule has 1 aliphatic heterocycles. The van der Waals surface area contributed by atoms with Crippen LogP contribution in [-0.4, -0.2) is 39.5 Å². The lowest BCUT2D eigenvalue weighted by molar-refractivity contribution is 0.133. The van der Waals surface area contributed by atoms with Crippen molar-refractivity contribution >= 4 is 5.82 Å². The first kappa shape index (κ1) is 10.5. The van der Waals surface area contributed by atoms with Gasteiger partial charge in [-0.15, -0.1) is 5.10 Å². The summed E-state index contributed by atoms with van der Waals surface area (Å²) >= 11 is 0. The number of aliphatic hydroxyl groups excluding tert-OH is 1. The third-order valence-corrected chi connectivity index (χ3v) is 3.81. The van der Waals surface area contributed by atoms with Gasteiger partial charge in [-0.3, -0.25) is 9.78 Å². The highest BCUT2D eigenvalue weighted by Gasteiger charge is 2.42. The molecule has 2 aliphatic rings. The molecule has 3 N–H and O–H groups in total. The minimum absolute atomic E-state index is 0.225. The summed E-state index contributed by atoms with van der Waals surface area (Å²) in [5.41, 5.74) is -1.07. The SMILES string of the molecule is O=c1[nH]nc(N2CC3CCC(O)C3C2)c(=O)[nH]1. The van der Waals surface area contributed by atoms with Crippen molar-refractivity contribution in [2.45, 2.75) is 18.9 Å². The average molecular weight is 238 g/mol. The van der Waals surface area contributed by atoms with E-state index in [-0.39, 0.29) is 17.8 Å². The van der Waals surface area contributed by atoms with Gasteiger partial charge in [-0.1, -0.05) is 0 Å². The highest BCUT2D eigenvalue weighted by molar-refractivity contribution is 5.36. The van der Waals surface area contributed by atoms with Gasteiger partial charge < -0.3 is 10.0 Å². The summed E-state index contributed by atoms with van der Waals surface area (Å²) in [6, 6.07) is 0. The summed E-state index contributed by atoms with van der Waals surface area (Å²) in [6.07, 6.45) is 1.56.